The Labute approximate surface area is 124 Å². The minimum Gasteiger partial charge on any atom is -0.390 e. The van der Waals surface area contributed by atoms with E-state index in [0.29, 0.717) is 16.7 Å². The third kappa shape index (κ3) is 2.57. The molecule has 0 amide bonds. The second-order valence-corrected chi connectivity index (χ2v) is 6.59. The summed E-state index contributed by atoms with van der Waals surface area (Å²) in [6.07, 6.45) is 3.34. The number of aromatic nitrogens is 3. The van der Waals surface area contributed by atoms with Gasteiger partial charge in [-0.15, -0.1) is 0 Å². The van der Waals surface area contributed by atoms with Crippen LogP contribution in [0, 0.1) is 5.92 Å². The third-order valence-electron chi connectivity index (χ3n) is 3.43. The molecule has 0 atom stereocenters. The third-order valence-corrected chi connectivity index (χ3v) is 4.18. The molecule has 19 heavy (non-hydrogen) atoms. The Balaban J connectivity index is 1.77. The van der Waals surface area contributed by atoms with E-state index in [-0.39, 0.29) is 0 Å². The molecule has 0 aliphatic heterocycles. The van der Waals surface area contributed by atoms with E-state index in [4.69, 9.17) is 11.6 Å². The van der Waals surface area contributed by atoms with Gasteiger partial charge in [0, 0.05) is 12.6 Å². The monoisotopic (exact) mass is 344 g/mol. The number of nitrogens with one attached hydrogen (secondary N) is 1. The SMILES string of the molecule is C[C@]1(O)C[C@@H](CNc2cc(Cl)nc3c(Br)cnn23)C1. The van der Waals surface area contributed by atoms with Gasteiger partial charge in [0.1, 0.15) is 11.0 Å². The fourth-order valence-electron chi connectivity index (χ4n) is 2.61. The molecule has 5 nitrogen and oxygen atoms in total. The summed E-state index contributed by atoms with van der Waals surface area (Å²) in [6.45, 7) is 2.67. The maximum atomic E-state index is 9.72. The van der Waals surface area contributed by atoms with Gasteiger partial charge < -0.3 is 10.4 Å². The van der Waals surface area contributed by atoms with Crippen LogP contribution in [0.5, 0.6) is 0 Å². The lowest BCUT2D eigenvalue weighted by Crippen LogP contribution is -2.43. The van der Waals surface area contributed by atoms with Gasteiger partial charge in [-0.25, -0.2) is 4.98 Å². The first-order chi connectivity index (χ1) is 8.94. The molecule has 1 saturated carbocycles. The van der Waals surface area contributed by atoms with Crippen LogP contribution in [-0.4, -0.2) is 31.9 Å². The molecule has 1 fully saturated rings. The number of anilines is 1. The van der Waals surface area contributed by atoms with Crippen LogP contribution in [0.3, 0.4) is 0 Å². The summed E-state index contributed by atoms with van der Waals surface area (Å²) < 4.78 is 2.52. The van der Waals surface area contributed by atoms with Crippen molar-refractivity contribution < 1.29 is 5.11 Å². The van der Waals surface area contributed by atoms with E-state index in [0.717, 1.165) is 29.7 Å². The number of rotatable bonds is 3. The zero-order valence-electron chi connectivity index (χ0n) is 10.4. The van der Waals surface area contributed by atoms with Gasteiger partial charge in [0.2, 0.25) is 0 Å². The zero-order valence-corrected chi connectivity index (χ0v) is 12.7. The summed E-state index contributed by atoms with van der Waals surface area (Å²) in [5.41, 5.74) is 0.197. The molecule has 0 spiro atoms. The fraction of sp³-hybridized carbons (Fsp3) is 0.500. The molecular weight excluding hydrogens is 332 g/mol. The number of hydrogen-bond donors (Lipinski definition) is 2. The molecule has 3 rings (SSSR count). The van der Waals surface area contributed by atoms with E-state index < -0.39 is 5.60 Å². The standard InChI is InChI=1S/C12H14BrClN4O/c1-12(19)3-7(4-12)5-15-10-2-9(14)17-11-8(13)6-16-18(10)11/h2,6-7,15,19H,3-5H2,1H3/t7-,12+. The lowest BCUT2D eigenvalue weighted by molar-refractivity contribution is -0.0523. The first kappa shape index (κ1) is 13.1. The predicted octanol–water partition coefficient (Wildman–Crippen LogP) is 2.72. The van der Waals surface area contributed by atoms with Gasteiger partial charge in [0.15, 0.2) is 5.65 Å². The smallest absolute Gasteiger partial charge is 0.173 e. The Morgan fingerprint density at radius 3 is 3.05 bits per heavy atom. The molecule has 1 aliphatic rings. The molecule has 0 bridgehead atoms. The Kier molecular flexibility index (Phi) is 3.19. The zero-order chi connectivity index (χ0) is 13.6. The molecule has 2 N–H and O–H groups in total. The predicted molar refractivity (Wildman–Crippen MR) is 77.5 cm³/mol. The van der Waals surface area contributed by atoms with Crippen molar-refractivity contribution in [2.75, 3.05) is 11.9 Å². The molecule has 0 unspecified atom stereocenters. The highest BCUT2D eigenvalue weighted by Crippen LogP contribution is 2.37. The van der Waals surface area contributed by atoms with E-state index in [1.54, 1.807) is 16.8 Å². The van der Waals surface area contributed by atoms with Gasteiger partial charge in [0.05, 0.1) is 16.3 Å². The first-order valence-electron chi connectivity index (χ1n) is 6.11. The van der Waals surface area contributed by atoms with Crippen LogP contribution in [0.15, 0.2) is 16.7 Å². The summed E-state index contributed by atoms with van der Waals surface area (Å²) in [7, 11) is 0. The quantitative estimate of drug-likeness (QED) is 0.840. The number of nitrogens with zero attached hydrogens (tertiary/aromatic N) is 3. The minimum atomic E-state index is -0.494. The van der Waals surface area contributed by atoms with Crippen molar-refractivity contribution in [2.45, 2.75) is 25.4 Å². The van der Waals surface area contributed by atoms with E-state index in [9.17, 15) is 5.11 Å². The Morgan fingerprint density at radius 1 is 1.63 bits per heavy atom. The van der Waals surface area contributed by atoms with Gasteiger partial charge in [0.25, 0.3) is 0 Å². The summed E-state index contributed by atoms with van der Waals surface area (Å²) in [5.74, 6) is 1.29. The molecule has 0 saturated heterocycles. The van der Waals surface area contributed by atoms with Crippen LogP contribution in [0.1, 0.15) is 19.8 Å². The summed E-state index contributed by atoms with van der Waals surface area (Å²) in [6, 6.07) is 1.75. The van der Waals surface area contributed by atoms with Gasteiger partial charge in [-0.1, -0.05) is 11.6 Å². The Morgan fingerprint density at radius 2 is 2.37 bits per heavy atom. The number of halogens is 2. The molecular formula is C12H14BrClN4O. The van der Waals surface area contributed by atoms with Crippen molar-refractivity contribution in [1.82, 2.24) is 14.6 Å². The fourth-order valence-corrected chi connectivity index (χ4v) is 3.14. The van der Waals surface area contributed by atoms with Crippen molar-refractivity contribution in [3.05, 3.63) is 21.9 Å². The van der Waals surface area contributed by atoms with Crippen LogP contribution in [0.4, 0.5) is 5.82 Å². The normalized spacial score (nSPS) is 26.4. The van der Waals surface area contributed by atoms with Gasteiger partial charge in [-0.3, -0.25) is 0 Å². The van der Waals surface area contributed by atoms with Crippen LogP contribution < -0.4 is 5.32 Å². The maximum absolute atomic E-state index is 9.72. The molecule has 2 aromatic heterocycles. The largest absolute Gasteiger partial charge is 0.390 e. The molecule has 0 radical (unpaired) electrons. The maximum Gasteiger partial charge on any atom is 0.173 e. The van der Waals surface area contributed by atoms with Gasteiger partial charge in [-0.2, -0.15) is 9.61 Å². The van der Waals surface area contributed by atoms with Crippen molar-refractivity contribution in [3.63, 3.8) is 0 Å². The second kappa shape index (κ2) is 4.61. The van der Waals surface area contributed by atoms with Crippen molar-refractivity contribution in [2.24, 2.45) is 5.92 Å². The number of hydrogen-bond acceptors (Lipinski definition) is 4. The van der Waals surface area contributed by atoms with Crippen LogP contribution >= 0.6 is 27.5 Å². The van der Waals surface area contributed by atoms with Crippen molar-refractivity contribution >= 4 is 39.0 Å². The lowest BCUT2D eigenvalue weighted by Gasteiger charge is -2.41. The van der Waals surface area contributed by atoms with Crippen molar-refractivity contribution in [1.29, 1.82) is 0 Å². The molecule has 7 heteroatoms. The average molecular weight is 346 g/mol. The highest BCUT2D eigenvalue weighted by Gasteiger charge is 2.37. The highest BCUT2D eigenvalue weighted by molar-refractivity contribution is 9.10. The highest BCUT2D eigenvalue weighted by atomic mass is 79.9. The van der Waals surface area contributed by atoms with E-state index >= 15 is 0 Å². The van der Waals surface area contributed by atoms with Crippen LogP contribution in [0.2, 0.25) is 5.15 Å². The molecule has 0 aromatic carbocycles. The van der Waals surface area contributed by atoms with E-state index in [2.05, 4.69) is 31.3 Å². The summed E-state index contributed by atoms with van der Waals surface area (Å²) in [5, 5.41) is 17.7. The van der Waals surface area contributed by atoms with E-state index in [1.807, 2.05) is 6.92 Å². The second-order valence-electron chi connectivity index (χ2n) is 5.34. The Hall–Kier alpha value is -0.850. The minimum absolute atomic E-state index is 0.428. The van der Waals surface area contributed by atoms with Gasteiger partial charge in [-0.05, 0) is 41.6 Å². The van der Waals surface area contributed by atoms with Gasteiger partial charge >= 0.3 is 0 Å². The molecule has 1 aliphatic carbocycles. The Bertz CT molecular complexity index is 619. The molecule has 2 aromatic rings. The molecule has 102 valence electrons. The summed E-state index contributed by atoms with van der Waals surface area (Å²) in [4.78, 5) is 4.22. The average Bonchev–Trinajstić information content (AvgIpc) is 2.65. The topological polar surface area (TPSA) is 62.5 Å². The van der Waals surface area contributed by atoms with Crippen LogP contribution in [0.25, 0.3) is 5.65 Å². The van der Waals surface area contributed by atoms with Crippen molar-refractivity contribution in [3.8, 4) is 0 Å². The first-order valence-corrected chi connectivity index (χ1v) is 7.28. The summed E-state index contributed by atoms with van der Waals surface area (Å²) >= 11 is 9.40. The number of fused-ring (bicyclic) bond motifs is 1. The van der Waals surface area contributed by atoms with E-state index in [1.165, 1.54) is 0 Å². The lowest BCUT2D eigenvalue weighted by atomic mass is 9.72. The molecule has 2 heterocycles. The number of aliphatic hydroxyl groups is 1. The van der Waals surface area contributed by atoms with Crippen LogP contribution in [-0.2, 0) is 0 Å².